The first-order valence-corrected chi connectivity index (χ1v) is 3.81. The fourth-order valence-electron chi connectivity index (χ4n) is 1.05. The molecular formula is C9H10NO3-. The van der Waals surface area contributed by atoms with Crippen LogP contribution in [0.2, 0.25) is 0 Å². The zero-order chi connectivity index (χ0) is 9.84. The number of carboxylic acid groups (broad SMARTS) is 1. The molecule has 13 heavy (non-hydrogen) atoms. The summed E-state index contributed by atoms with van der Waals surface area (Å²) in [6, 6.07) is 4.51. The summed E-state index contributed by atoms with van der Waals surface area (Å²) in [6.07, 6.45) is 0. The van der Waals surface area contributed by atoms with Crippen LogP contribution in [-0.4, -0.2) is 18.1 Å². The molecule has 0 saturated heterocycles. The second-order valence-corrected chi connectivity index (χ2v) is 2.61. The molecule has 0 unspecified atom stereocenters. The van der Waals surface area contributed by atoms with E-state index in [-0.39, 0.29) is 12.2 Å². The lowest BCUT2D eigenvalue weighted by molar-refractivity contribution is -0.255. The molecule has 0 aromatic heterocycles. The first kappa shape index (κ1) is 9.54. The van der Waals surface area contributed by atoms with Crippen molar-refractivity contribution in [1.29, 1.82) is 0 Å². The van der Waals surface area contributed by atoms with E-state index in [1.54, 1.807) is 13.1 Å². The Morgan fingerprint density at radius 2 is 2.23 bits per heavy atom. The molecule has 70 valence electrons. The molecule has 0 spiro atoms. The van der Waals surface area contributed by atoms with Gasteiger partial charge < -0.3 is 20.3 Å². The normalized spacial score (nSPS) is 9.69. The number of hydrogen-bond donors (Lipinski definition) is 2. The summed E-state index contributed by atoms with van der Waals surface area (Å²) in [5, 5.41) is 22.1. The first-order valence-electron chi connectivity index (χ1n) is 3.81. The number of carbonyl (C=O) groups excluding carboxylic acids is 1. The van der Waals surface area contributed by atoms with Crippen molar-refractivity contribution >= 4 is 11.7 Å². The van der Waals surface area contributed by atoms with Crippen molar-refractivity contribution in [2.45, 2.75) is 6.61 Å². The van der Waals surface area contributed by atoms with Gasteiger partial charge in [-0.05, 0) is 29.3 Å². The highest BCUT2D eigenvalue weighted by atomic mass is 16.4. The summed E-state index contributed by atoms with van der Waals surface area (Å²) < 4.78 is 0. The second kappa shape index (κ2) is 3.91. The number of hydrogen-bond acceptors (Lipinski definition) is 4. The summed E-state index contributed by atoms with van der Waals surface area (Å²) in [7, 11) is 1.68. The minimum absolute atomic E-state index is 0.0656. The number of carbonyl (C=O) groups is 1. The molecule has 0 aliphatic heterocycles. The van der Waals surface area contributed by atoms with Gasteiger partial charge in [-0.15, -0.1) is 0 Å². The maximum Gasteiger partial charge on any atom is 0.0716 e. The highest BCUT2D eigenvalue weighted by Crippen LogP contribution is 2.13. The Morgan fingerprint density at radius 1 is 1.54 bits per heavy atom. The van der Waals surface area contributed by atoms with Crippen LogP contribution in [0.1, 0.15) is 15.9 Å². The van der Waals surface area contributed by atoms with E-state index in [2.05, 4.69) is 5.32 Å². The molecule has 0 aliphatic rings. The lowest BCUT2D eigenvalue weighted by atomic mass is 10.1. The predicted octanol–water partition coefficient (Wildman–Crippen LogP) is -0.416. The van der Waals surface area contributed by atoms with Crippen molar-refractivity contribution in [3.63, 3.8) is 0 Å². The fraction of sp³-hybridized carbons (Fsp3) is 0.222. The van der Waals surface area contributed by atoms with Crippen LogP contribution in [0.5, 0.6) is 0 Å². The minimum atomic E-state index is -1.24. The van der Waals surface area contributed by atoms with Gasteiger partial charge in [-0.3, -0.25) is 0 Å². The first-order chi connectivity index (χ1) is 6.17. The predicted molar refractivity (Wildman–Crippen MR) is 46.2 cm³/mol. The summed E-state index contributed by atoms with van der Waals surface area (Å²) in [5.74, 6) is -1.24. The number of carboxylic acids is 1. The smallest absolute Gasteiger partial charge is 0.0716 e. The number of rotatable bonds is 3. The Hall–Kier alpha value is -1.55. The average molecular weight is 180 g/mol. The van der Waals surface area contributed by atoms with Gasteiger partial charge in [0, 0.05) is 12.7 Å². The Kier molecular flexibility index (Phi) is 2.87. The molecule has 0 aliphatic carbocycles. The zero-order valence-corrected chi connectivity index (χ0v) is 7.20. The van der Waals surface area contributed by atoms with Crippen molar-refractivity contribution in [2.24, 2.45) is 0 Å². The summed E-state index contributed by atoms with van der Waals surface area (Å²) in [4.78, 5) is 10.5. The van der Waals surface area contributed by atoms with E-state index >= 15 is 0 Å². The van der Waals surface area contributed by atoms with Crippen molar-refractivity contribution in [1.82, 2.24) is 0 Å². The monoisotopic (exact) mass is 180 g/mol. The molecule has 1 rings (SSSR count). The SMILES string of the molecule is CNc1cc(CO)cc(C(=O)[O-])c1. The highest BCUT2D eigenvalue weighted by molar-refractivity contribution is 5.87. The molecule has 0 atom stereocenters. The maximum atomic E-state index is 10.5. The molecule has 1 aromatic rings. The fourth-order valence-corrected chi connectivity index (χ4v) is 1.05. The molecule has 2 N–H and O–H groups in total. The Balaban J connectivity index is 3.14. The summed E-state index contributed by atoms with van der Waals surface area (Å²) >= 11 is 0. The third kappa shape index (κ3) is 2.19. The molecule has 0 bridgehead atoms. The quantitative estimate of drug-likeness (QED) is 0.663. The third-order valence-electron chi connectivity index (χ3n) is 1.70. The van der Waals surface area contributed by atoms with E-state index < -0.39 is 5.97 Å². The van der Waals surface area contributed by atoms with Gasteiger partial charge in [0.25, 0.3) is 0 Å². The van der Waals surface area contributed by atoms with Crippen LogP contribution >= 0.6 is 0 Å². The van der Waals surface area contributed by atoms with Gasteiger partial charge in [0.15, 0.2) is 0 Å². The van der Waals surface area contributed by atoms with Gasteiger partial charge in [0.2, 0.25) is 0 Å². The molecule has 1 aromatic carbocycles. The van der Waals surface area contributed by atoms with Crippen LogP contribution < -0.4 is 10.4 Å². The summed E-state index contributed by atoms with van der Waals surface area (Å²) in [6.45, 7) is -0.185. The van der Waals surface area contributed by atoms with E-state index in [9.17, 15) is 9.90 Å². The Morgan fingerprint density at radius 3 is 2.69 bits per heavy atom. The number of benzene rings is 1. The van der Waals surface area contributed by atoms with Crippen LogP contribution in [0.25, 0.3) is 0 Å². The van der Waals surface area contributed by atoms with Gasteiger partial charge >= 0.3 is 0 Å². The lowest BCUT2D eigenvalue weighted by Crippen LogP contribution is -2.22. The number of nitrogens with one attached hydrogen (secondary N) is 1. The third-order valence-corrected chi connectivity index (χ3v) is 1.70. The number of aliphatic hydroxyl groups is 1. The van der Waals surface area contributed by atoms with E-state index in [4.69, 9.17) is 5.11 Å². The largest absolute Gasteiger partial charge is 0.545 e. The van der Waals surface area contributed by atoms with E-state index in [1.165, 1.54) is 12.1 Å². The second-order valence-electron chi connectivity index (χ2n) is 2.61. The Bertz CT molecular complexity index is 300. The van der Waals surface area contributed by atoms with Crippen LogP contribution in [0, 0.1) is 0 Å². The average Bonchev–Trinajstić information content (AvgIpc) is 2.16. The number of aliphatic hydroxyl groups excluding tert-OH is 1. The topological polar surface area (TPSA) is 72.4 Å². The standard InChI is InChI=1S/C9H11NO3/c1-10-8-3-6(5-11)2-7(4-8)9(12)13/h2-4,10-11H,5H2,1H3,(H,12,13)/p-1. The van der Waals surface area contributed by atoms with Crippen molar-refractivity contribution in [2.75, 3.05) is 12.4 Å². The van der Waals surface area contributed by atoms with Gasteiger partial charge in [0.05, 0.1) is 12.6 Å². The number of anilines is 1. The molecule has 0 heterocycles. The van der Waals surface area contributed by atoms with Gasteiger partial charge in [0.1, 0.15) is 0 Å². The van der Waals surface area contributed by atoms with Crippen molar-refractivity contribution in [3.05, 3.63) is 29.3 Å². The van der Waals surface area contributed by atoms with Crippen molar-refractivity contribution < 1.29 is 15.0 Å². The lowest BCUT2D eigenvalue weighted by Gasteiger charge is -2.08. The van der Waals surface area contributed by atoms with E-state index in [0.717, 1.165) is 0 Å². The van der Waals surface area contributed by atoms with Crippen LogP contribution in [0.3, 0.4) is 0 Å². The van der Waals surface area contributed by atoms with Crippen molar-refractivity contribution in [3.8, 4) is 0 Å². The maximum absolute atomic E-state index is 10.5. The van der Waals surface area contributed by atoms with Gasteiger partial charge in [-0.2, -0.15) is 0 Å². The van der Waals surface area contributed by atoms with Crippen LogP contribution in [0.15, 0.2) is 18.2 Å². The van der Waals surface area contributed by atoms with Gasteiger partial charge in [-0.1, -0.05) is 0 Å². The zero-order valence-electron chi connectivity index (χ0n) is 7.20. The highest BCUT2D eigenvalue weighted by Gasteiger charge is 1.99. The molecule has 0 fully saturated rings. The Labute approximate surface area is 75.8 Å². The molecule has 0 radical (unpaired) electrons. The molecule has 4 heteroatoms. The van der Waals surface area contributed by atoms with E-state index in [0.29, 0.717) is 11.3 Å². The van der Waals surface area contributed by atoms with Crippen LogP contribution in [0.4, 0.5) is 5.69 Å². The number of aromatic carboxylic acids is 1. The van der Waals surface area contributed by atoms with Gasteiger partial charge in [-0.25, -0.2) is 0 Å². The van der Waals surface area contributed by atoms with Crippen LogP contribution in [-0.2, 0) is 6.61 Å². The molecule has 0 saturated carbocycles. The molecule has 0 amide bonds. The van der Waals surface area contributed by atoms with E-state index in [1.807, 2.05) is 0 Å². The molecular weight excluding hydrogens is 170 g/mol. The molecule has 4 nitrogen and oxygen atoms in total. The summed E-state index contributed by atoms with van der Waals surface area (Å²) in [5.41, 5.74) is 1.26. The minimum Gasteiger partial charge on any atom is -0.545 e.